The van der Waals surface area contributed by atoms with Crippen LogP contribution in [0, 0.1) is 6.92 Å². The van der Waals surface area contributed by atoms with Crippen molar-refractivity contribution in [3.05, 3.63) is 11.8 Å². The minimum Gasteiger partial charge on any atom is -0.384 e. The molecule has 1 aromatic rings. The summed E-state index contributed by atoms with van der Waals surface area (Å²) in [6.07, 6.45) is 0. The fourth-order valence-electron chi connectivity index (χ4n) is 1.35. The van der Waals surface area contributed by atoms with E-state index >= 15 is 0 Å². The van der Waals surface area contributed by atoms with Crippen molar-refractivity contribution in [1.29, 1.82) is 0 Å². The molecule has 2 N–H and O–H groups in total. The molecular formula is C10H18N4S. The third-order valence-corrected chi connectivity index (χ3v) is 2.73. The molecule has 0 saturated carbocycles. The second-order valence-electron chi connectivity index (χ2n) is 3.91. The van der Waals surface area contributed by atoms with Gasteiger partial charge in [-0.2, -0.15) is 0 Å². The Morgan fingerprint density at radius 3 is 2.67 bits per heavy atom. The standard InChI is InChI=1S/C10H18N4S/c1-7-5-9(11)13-10(12-7)15-8(2)6-14(3)4/h5,8H,6H2,1-4H3,(H2,11,12,13)/t8-/m1/s1. The highest BCUT2D eigenvalue weighted by Gasteiger charge is 2.08. The first-order valence-corrected chi connectivity index (χ1v) is 5.78. The summed E-state index contributed by atoms with van der Waals surface area (Å²) in [4.78, 5) is 10.7. The Bertz CT molecular complexity index is 307. The third-order valence-electron chi connectivity index (χ3n) is 1.78. The van der Waals surface area contributed by atoms with Crippen molar-refractivity contribution < 1.29 is 0 Å². The number of anilines is 1. The summed E-state index contributed by atoms with van der Waals surface area (Å²) in [6.45, 7) is 5.09. The Morgan fingerprint density at radius 1 is 1.47 bits per heavy atom. The molecule has 5 heteroatoms. The van der Waals surface area contributed by atoms with E-state index in [-0.39, 0.29) is 0 Å². The first kappa shape index (κ1) is 12.3. The zero-order valence-electron chi connectivity index (χ0n) is 9.69. The van der Waals surface area contributed by atoms with E-state index in [4.69, 9.17) is 5.73 Å². The zero-order valence-corrected chi connectivity index (χ0v) is 10.5. The van der Waals surface area contributed by atoms with Gasteiger partial charge in [-0.25, -0.2) is 9.97 Å². The summed E-state index contributed by atoms with van der Waals surface area (Å²) in [5, 5.41) is 1.23. The van der Waals surface area contributed by atoms with Gasteiger partial charge in [-0.05, 0) is 21.0 Å². The molecule has 0 amide bonds. The van der Waals surface area contributed by atoms with Gasteiger partial charge in [0.15, 0.2) is 5.16 Å². The van der Waals surface area contributed by atoms with Crippen LogP contribution in [0.1, 0.15) is 12.6 Å². The largest absolute Gasteiger partial charge is 0.384 e. The summed E-state index contributed by atoms with van der Waals surface area (Å²) < 4.78 is 0. The van der Waals surface area contributed by atoms with Crippen LogP contribution in [0.15, 0.2) is 11.2 Å². The molecule has 1 rings (SSSR count). The van der Waals surface area contributed by atoms with Gasteiger partial charge in [0.1, 0.15) is 5.82 Å². The van der Waals surface area contributed by atoms with E-state index < -0.39 is 0 Å². The van der Waals surface area contributed by atoms with Crippen molar-refractivity contribution in [3.8, 4) is 0 Å². The smallest absolute Gasteiger partial charge is 0.190 e. The third kappa shape index (κ3) is 4.48. The quantitative estimate of drug-likeness (QED) is 0.621. The molecular weight excluding hydrogens is 208 g/mol. The molecule has 0 aliphatic rings. The van der Waals surface area contributed by atoms with Gasteiger partial charge < -0.3 is 10.6 Å². The lowest BCUT2D eigenvalue weighted by atomic mass is 10.4. The number of nitrogen functional groups attached to an aromatic ring is 1. The number of nitrogens with two attached hydrogens (primary N) is 1. The normalized spacial score (nSPS) is 13.1. The maximum atomic E-state index is 5.66. The molecule has 0 fully saturated rings. The Balaban J connectivity index is 2.63. The second-order valence-corrected chi connectivity index (χ2v) is 5.31. The van der Waals surface area contributed by atoms with Crippen molar-refractivity contribution in [1.82, 2.24) is 14.9 Å². The molecule has 0 spiro atoms. The Kier molecular flexibility index (Phi) is 4.35. The fourth-order valence-corrected chi connectivity index (χ4v) is 2.44. The average molecular weight is 226 g/mol. The van der Waals surface area contributed by atoms with Crippen molar-refractivity contribution in [3.63, 3.8) is 0 Å². The number of hydrogen-bond donors (Lipinski definition) is 1. The monoisotopic (exact) mass is 226 g/mol. The van der Waals surface area contributed by atoms with E-state index in [1.54, 1.807) is 17.8 Å². The SMILES string of the molecule is Cc1cc(N)nc(S[C@H](C)CN(C)C)n1. The molecule has 0 aliphatic carbocycles. The molecule has 0 bridgehead atoms. The van der Waals surface area contributed by atoms with Gasteiger partial charge >= 0.3 is 0 Å². The van der Waals surface area contributed by atoms with Crippen LogP contribution in [0.2, 0.25) is 0 Å². The number of rotatable bonds is 4. The molecule has 0 radical (unpaired) electrons. The Morgan fingerprint density at radius 2 is 2.13 bits per heavy atom. The van der Waals surface area contributed by atoms with Crippen LogP contribution in [0.25, 0.3) is 0 Å². The van der Waals surface area contributed by atoms with Gasteiger partial charge in [0, 0.05) is 23.6 Å². The molecule has 0 unspecified atom stereocenters. The van der Waals surface area contributed by atoms with E-state index in [1.165, 1.54) is 0 Å². The van der Waals surface area contributed by atoms with E-state index in [0.717, 1.165) is 17.4 Å². The van der Waals surface area contributed by atoms with Gasteiger partial charge in [-0.3, -0.25) is 0 Å². The maximum Gasteiger partial charge on any atom is 0.190 e. The van der Waals surface area contributed by atoms with Gasteiger partial charge in [-0.15, -0.1) is 0 Å². The molecule has 1 heterocycles. The number of hydrogen-bond acceptors (Lipinski definition) is 5. The second kappa shape index (κ2) is 5.32. The minimum absolute atomic E-state index is 0.459. The summed E-state index contributed by atoms with van der Waals surface area (Å²) in [6, 6.07) is 1.78. The van der Waals surface area contributed by atoms with Crippen LogP contribution in [0.3, 0.4) is 0 Å². The summed E-state index contributed by atoms with van der Waals surface area (Å²) >= 11 is 1.66. The lowest BCUT2D eigenvalue weighted by Gasteiger charge is -2.15. The summed E-state index contributed by atoms with van der Waals surface area (Å²) in [5.74, 6) is 0.544. The molecule has 84 valence electrons. The van der Waals surface area contributed by atoms with Gasteiger partial charge in [0.05, 0.1) is 0 Å². The molecule has 4 nitrogen and oxygen atoms in total. The highest BCUT2D eigenvalue weighted by atomic mass is 32.2. The fraction of sp³-hybridized carbons (Fsp3) is 0.600. The van der Waals surface area contributed by atoms with Gasteiger partial charge in [0.2, 0.25) is 0 Å². The average Bonchev–Trinajstić information content (AvgIpc) is 1.98. The zero-order chi connectivity index (χ0) is 11.4. The summed E-state index contributed by atoms with van der Waals surface area (Å²) in [5.41, 5.74) is 6.58. The van der Waals surface area contributed by atoms with Crippen LogP contribution in [-0.2, 0) is 0 Å². The first-order valence-electron chi connectivity index (χ1n) is 4.90. The summed E-state index contributed by atoms with van der Waals surface area (Å²) in [7, 11) is 4.12. The van der Waals surface area contributed by atoms with Crippen molar-refractivity contribution in [2.75, 3.05) is 26.4 Å². The van der Waals surface area contributed by atoms with Crippen LogP contribution in [0.5, 0.6) is 0 Å². The highest BCUT2D eigenvalue weighted by molar-refractivity contribution is 7.99. The van der Waals surface area contributed by atoms with Crippen LogP contribution in [-0.4, -0.2) is 40.8 Å². The Labute approximate surface area is 95.3 Å². The minimum atomic E-state index is 0.459. The lowest BCUT2D eigenvalue weighted by Crippen LogP contribution is -2.21. The van der Waals surface area contributed by atoms with Crippen molar-refractivity contribution in [2.45, 2.75) is 24.3 Å². The predicted molar refractivity (Wildman–Crippen MR) is 65.1 cm³/mol. The molecule has 0 aromatic carbocycles. The number of aryl methyl sites for hydroxylation is 1. The van der Waals surface area contributed by atoms with Gasteiger partial charge in [-0.1, -0.05) is 18.7 Å². The molecule has 0 aliphatic heterocycles. The van der Waals surface area contributed by atoms with Crippen LogP contribution >= 0.6 is 11.8 Å². The Hall–Kier alpha value is -0.810. The maximum absolute atomic E-state index is 5.66. The predicted octanol–water partition coefficient (Wildman–Crippen LogP) is 1.41. The van der Waals surface area contributed by atoms with E-state index in [2.05, 4.69) is 35.9 Å². The van der Waals surface area contributed by atoms with E-state index in [1.807, 2.05) is 6.92 Å². The van der Waals surface area contributed by atoms with Crippen molar-refractivity contribution in [2.24, 2.45) is 0 Å². The van der Waals surface area contributed by atoms with Crippen molar-refractivity contribution >= 4 is 17.6 Å². The van der Waals surface area contributed by atoms with Crippen LogP contribution in [0.4, 0.5) is 5.82 Å². The topological polar surface area (TPSA) is 55.0 Å². The number of thioether (sulfide) groups is 1. The van der Waals surface area contributed by atoms with E-state index in [0.29, 0.717) is 11.1 Å². The lowest BCUT2D eigenvalue weighted by molar-refractivity contribution is 0.413. The number of aromatic nitrogens is 2. The first-order chi connectivity index (χ1) is 6.97. The van der Waals surface area contributed by atoms with Gasteiger partial charge in [0.25, 0.3) is 0 Å². The molecule has 15 heavy (non-hydrogen) atoms. The molecule has 0 saturated heterocycles. The molecule has 1 atom stereocenters. The van der Waals surface area contributed by atoms with Crippen LogP contribution < -0.4 is 5.73 Å². The highest BCUT2D eigenvalue weighted by Crippen LogP contribution is 2.20. The van der Waals surface area contributed by atoms with E-state index in [9.17, 15) is 0 Å². The molecule has 1 aromatic heterocycles. The number of nitrogens with zero attached hydrogens (tertiary/aromatic N) is 3.